The highest BCUT2D eigenvalue weighted by atomic mass is 35.5. The number of thiazole rings is 1. The van der Waals surface area contributed by atoms with E-state index in [1.807, 2.05) is 0 Å². The van der Waals surface area contributed by atoms with Crippen molar-refractivity contribution in [1.82, 2.24) is 9.88 Å². The van der Waals surface area contributed by atoms with Gasteiger partial charge in [-0.05, 0) is 56.3 Å². The first kappa shape index (κ1) is 21.5. The number of anilines is 1. The predicted octanol–water partition coefficient (Wildman–Crippen LogP) is 6.27. The van der Waals surface area contributed by atoms with Crippen LogP contribution < -0.4 is 4.90 Å². The lowest BCUT2D eigenvalue weighted by Crippen LogP contribution is -2.38. The highest BCUT2D eigenvalue weighted by Crippen LogP contribution is 2.35. The van der Waals surface area contributed by atoms with Gasteiger partial charge in [-0.3, -0.25) is 9.69 Å². The van der Waals surface area contributed by atoms with Crippen molar-refractivity contribution in [2.24, 2.45) is 0 Å². The fourth-order valence-electron chi connectivity index (χ4n) is 2.98. The van der Waals surface area contributed by atoms with Crippen LogP contribution in [0.15, 0.2) is 18.2 Å². The largest absolute Gasteiger partial charge is 0.302 e. The Morgan fingerprint density at radius 1 is 1.04 bits per heavy atom. The molecule has 3 aromatic rings. The van der Waals surface area contributed by atoms with Gasteiger partial charge in [-0.15, -0.1) is 11.3 Å². The number of fused-ring (bicyclic) bond motifs is 1. The number of halogens is 2. The molecule has 2 aromatic heterocycles. The first-order valence-electron chi connectivity index (χ1n) is 9.20. The van der Waals surface area contributed by atoms with Crippen molar-refractivity contribution < 1.29 is 4.79 Å². The van der Waals surface area contributed by atoms with Crippen LogP contribution in [0.4, 0.5) is 5.13 Å². The van der Waals surface area contributed by atoms with Crippen LogP contribution in [0.1, 0.15) is 35.3 Å². The number of likely N-dealkylation sites (N-methyl/N-ethyl adjacent to an activating group) is 1. The summed E-state index contributed by atoms with van der Waals surface area (Å²) in [4.78, 5) is 22.1. The second kappa shape index (κ2) is 9.09. The SMILES string of the molecule is CCN(CC)CCN(C(=O)c1cc(Cl)sc1Cl)c1nc2cc(C)c(C)cc2s1. The van der Waals surface area contributed by atoms with E-state index in [2.05, 4.69) is 44.7 Å². The summed E-state index contributed by atoms with van der Waals surface area (Å²) in [7, 11) is 0. The first-order valence-corrected chi connectivity index (χ1v) is 11.6. The predicted molar refractivity (Wildman–Crippen MR) is 123 cm³/mol. The Kier molecular flexibility index (Phi) is 6.99. The number of hydrogen-bond donors (Lipinski definition) is 0. The molecule has 8 heteroatoms. The topological polar surface area (TPSA) is 36.4 Å². The van der Waals surface area contributed by atoms with Gasteiger partial charge in [-0.2, -0.15) is 0 Å². The van der Waals surface area contributed by atoms with Crippen LogP contribution in [-0.4, -0.2) is 42.0 Å². The van der Waals surface area contributed by atoms with Gasteiger partial charge in [0.05, 0.1) is 20.1 Å². The summed E-state index contributed by atoms with van der Waals surface area (Å²) in [6.45, 7) is 11.6. The lowest BCUT2D eigenvalue weighted by Gasteiger charge is -2.24. The zero-order chi connectivity index (χ0) is 20.4. The number of carbonyl (C=O) groups excluding carboxylic acids is 1. The third-order valence-corrected chi connectivity index (χ3v) is 7.42. The van der Waals surface area contributed by atoms with E-state index in [0.29, 0.717) is 25.9 Å². The Morgan fingerprint density at radius 3 is 2.32 bits per heavy atom. The molecule has 0 saturated heterocycles. The average molecular weight is 456 g/mol. The van der Waals surface area contributed by atoms with E-state index in [0.717, 1.165) is 29.9 Å². The number of benzene rings is 1. The maximum Gasteiger partial charge on any atom is 0.262 e. The molecule has 150 valence electrons. The Labute approximate surface area is 183 Å². The molecule has 2 heterocycles. The highest BCUT2D eigenvalue weighted by Gasteiger charge is 2.25. The smallest absolute Gasteiger partial charge is 0.262 e. The monoisotopic (exact) mass is 455 g/mol. The Balaban J connectivity index is 2.00. The van der Waals surface area contributed by atoms with Crippen molar-refractivity contribution >= 4 is 67.1 Å². The van der Waals surface area contributed by atoms with Gasteiger partial charge in [-0.25, -0.2) is 4.98 Å². The molecule has 0 aliphatic carbocycles. The molecule has 1 aromatic carbocycles. The minimum Gasteiger partial charge on any atom is -0.302 e. The third-order valence-electron chi connectivity index (χ3n) is 4.89. The van der Waals surface area contributed by atoms with E-state index in [1.165, 1.54) is 33.8 Å². The molecule has 0 radical (unpaired) electrons. The molecule has 0 fully saturated rings. The van der Waals surface area contributed by atoms with Crippen molar-refractivity contribution in [1.29, 1.82) is 0 Å². The van der Waals surface area contributed by atoms with E-state index in [-0.39, 0.29) is 5.91 Å². The van der Waals surface area contributed by atoms with Crippen molar-refractivity contribution in [3.8, 4) is 0 Å². The molecule has 0 saturated carbocycles. The Bertz CT molecular complexity index is 956. The maximum absolute atomic E-state index is 13.3. The molecule has 0 N–H and O–H groups in total. The van der Waals surface area contributed by atoms with Gasteiger partial charge in [-0.1, -0.05) is 48.4 Å². The molecule has 0 aliphatic heterocycles. The molecule has 3 rings (SSSR count). The van der Waals surface area contributed by atoms with Gasteiger partial charge in [0.15, 0.2) is 5.13 Å². The Hall–Kier alpha value is -1.18. The van der Waals surface area contributed by atoms with E-state index in [9.17, 15) is 4.79 Å². The van der Waals surface area contributed by atoms with Gasteiger partial charge in [0.1, 0.15) is 4.34 Å². The van der Waals surface area contributed by atoms with Crippen molar-refractivity contribution in [2.75, 3.05) is 31.1 Å². The van der Waals surface area contributed by atoms with Crippen LogP contribution in [0.2, 0.25) is 8.67 Å². The maximum atomic E-state index is 13.3. The average Bonchev–Trinajstić information content (AvgIpc) is 3.20. The first-order chi connectivity index (χ1) is 13.3. The van der Waals surface area contributed by atoms with Crippen LogP contribution in [0.5, 0.6) is 0 Å². The zero-order valence-electron chi connectivity index (χ0n) is 16.4. The lowest BCUT2D eigenvalue weighted by atomic mass is 10.1. The molecule has 0 atom stereocenters. The second-order valence-electron chi connectivity index (χ2n) is 6.62. The number of thiophene rings is 1. The fourth-order valence-corrected chi connectivity index (χ4v) is 5.50. The number of carbonyl (C=O) groups is 1. The number of rotatable bonds is 7. The van der Waals surface area contributed by atoms with Gasteiger partial charge in [0.2, 0.25) is 0 Å². The van der Waals surface area contributed by atoms with Crippen LogP contribution >= 0.6 is 45.9 Å². The summed E-state index contributed by atoms with van der Waals surface area (Å²) in [6, 6.07) is 5.85. The standard InChI is InChI=1S/C20H23Cl2N3OS2/c1-5-24(6-2)7-8-25(19(26)14-11-17(21)28-18(14)22)20-23-15-9-12(3)13(4)10-16(15)27-20/h9-11H,5-8H2,1-4H3. The third kappa shape index (κ3) is 4.52. The molecule has 0 unspecified atom stereocenters. The van der Waals surface area contributed by atoms with Crippen molar-refractivity contribution in [2.45, 2.75) is 27.7 Å². The lowest BCUT2D eigenvalue weighted by molar-refractivity contribution is 0.0984. The summed E-state index contributed by atoms with van der Waals surface area (Å²) in [6.07, 6.45) is 0. The van der Waals surface area contributed by atoms with Gasteiger partial charge in [0, 0.05) is 13.1 Å². The van der Waals surface area contributed by atoms with Gasteiger partial charge in [0.25, 0.3) is 5.91 Å². The summed E-state index contributed by atoms with van der Waals surface area (Å²) < 4.78 is 2.00. The van der Waals surface area contributed by atoms with Crippen LogP contribution in [0.25, 0.3) is 10.2 Å². The molecule has 4 nitrogen and oxygen atoms in total. The van der Waals surface area contributed by atoms with E-state index in [1.54, 1.807) is 11.0 Å². The quantitative estimate of drug-likeness (QED) is 0.420. The number of aromatic nitrogens is 1. The minimum atomic E-state index is -0.159. The normalized spacial score (nSPS) is 11.5. The molecule has 1 amide bonds. The number of aryl methyl sites for hydroxylation is 2. The van der Waals surface area contributed by atoms with Crippen molar-refractivity contribution in [3.63, 3.8) is 0 Å². The molecular formula is C20H23Cl2N3OS2. The molecule has 0 spiro atoms. The molecular weight excluding hydrogens is 433 g/mol. The van der Waals surface area contributed by atoms with Crippen LogP contribution in [0, 0.1) is 13.8 Å². The minimum absolute atomic E-state index is 0.159. The van der Waals surface area contributed by atoms with Crippen LogP contribution in [0.3, 0.4) is 0 Å². The highest BCUT2D eigenvalue weighted by molar-refractivity contribution is 7.22. The van der Waals surface area contributed by atoms with E-state index < -0.39 is 0 Å². The summed E-state index contributed by atoms with van der Waals surface area (Å²) in [5, 5.41) is 0.690. The zero-order valence-corrected chi connectivity index (χ0v) is 19.5. The van der Waals surface area contributed by atoms with E-state index in [4.69, 9.17) is 28.2 Å². The fraction of sp³-hybridized carbons (Fsp3) is 0.400. The Morgan fingerprint density at radius 2 is 1.71 bits per heavy atom. The summed E-state index contributed by atoms with van der Waals surface area (Å²) in [5.74, 6) is -0.159. The van der Waals surface area contributed by atoms with E-state index >= 15 is 0 Å². The summed E-state index contributed by atoms with van der Waals surface area (Å²) in [5.41, 5.74) is 3.76. The molecule has 0 aliphatic rings. The number of nitrogens with zero attached hydrogens (tertiary/aromatic N) is 3. The second-order valence-corrected chi connectivity index (χ2v) is 9.92. The number of hydrogen-bond acceptors (Lipinski definition) is 5. The molecule has 0 bridgehead atoms. The number of amides is 1. The summed E-state index contributed by atoms with van der Waals surface area (Å²) >= 11 is 15.1. The van der Waals surface area contributed by atoms with Crippen molar-refractivity contribution in [3.05, 3.63) is 43.6 Å². The van der Waals surface area contributed by atoms with Gasteiger partial charge >= 0.3 is 0 Å². The molecule has 28 heavy (non-hydrogen) atoms. The van der Waals surface area contributed by atoms with Gasteiger partial charge < -0.3 is 4.90 Å². The van der Waals surface area contributed by atoms with Crippen LogP contribution in [-0.2, 0) is 0 Å².